The van der Waals surface area contributed by atoms with Gasteiger partial charge in [0.15, 0.2) is 5.75 Å². The van der Waals surface area contributed by atoms with Crippen molar-refractivity contribution in [3.63, 3.8) is 0 Å². The first kappa shape index (κ1) is 22.0. The molecule has 10 heteroatoms. The van der Waals surface area contributed by atoms with E-state index in [0.717, 1.165) is 5.56 Å². The molecule has 1 unspecified atom stereocenters. The minimum Gasteiger partial charge on any atom is -0.461 e. The molecular formula is C22H20F3N3O4. The Kier molecular flexibility index (Phi) is 6.24. The molecule has 1 saturated heterocycles. The van der Waals surface area contributed by atoms with Crippen molar-refractivity contribution in [2.75, 3.05) is 26.3 Å². The molecule has 1 N–H and O–H groups in total. The molecule has 2 heterocycles. The van der Waals surface area contributed by atoms with Gasteiger partial charge in [-0.15, -0.1) is 23.4 Å². The van der Waals surface area contributed by atoms with Crippen molar-refractivity contribution in [2.24, 2.45) is 0 Å². The fourth-order valence-electron chi connectivity index (χ4n) is 3.70. The number of nitrogens with one attached hydrogen (secondary N) is 1. The van der Waals surface area contributed by atoms with Gasteiger partial charge in [-0.05, 0) is 24.1 Å². The Bertz CT molecular complexity index is 1120. The molecule has 0 saturated carbocycles. The molecule has 1 atom stereocenters. The van der Waals surface area contributed by atoms with Gasteiger partial charge in [-0.3, -0.25) is 0 Å². The molecule has 1 aliphatic rings. The first-order valence-electron chi connectivity index (χ1n) is 10.0. The Morgan fingerprint density at radius 1 is 1.19 bits per heavy atom. The minimum absolute atomic E-state index is 0.00966. The fourth-order valence-corrected chi connectivity index (χ4v) is 3.70. The number of fused-ring (bicyclic) bond motifs is 1. The molecule has 7 nitrogen and oxygen atoms in total. The molecule has 0 bridgehead atoms. The van der Waals surface area contributed by atoms with Crippen molar-refractivity contribution < 1.29 is 32.2 Å². The maximum atomic E-state index is 13.4. The average molecular weight is 447 g/mol. The lowest BCUT2D eigenvalue weighted by Crippen LogP contribution is -2.34. The van der Waals surface area contributed by atoms with Crippen molar-refractivity contribution in [1.29, 1.82) is 0 Å². The van der Waals surface area contributed by atoms with Crippen molar-refractivity contribution in [2.45, 2.75) is 19.4 Å². The van der Waals surface area contributed by atoms with E-state index in [1.807, 2.05) is 30.3 Å². The van der Waals surface area contributed by atoms with Crippen LogP contribution in [0.4, 0.5) is 13.2 Å². The molecule has 2 aromatic carbocycles. The van der Waals surface area contributed by atoms with Crippen LogP contribution in [0.15, 0.2) is 42.5 Å². The van der Waals surface area contributed by atoms with Crippen LogP contribution in [-0.2, 0) is 9.47 Å². The molecule has 0 radical (unpaired) electrons. The van der Waals surface area contributed by atoms with E-state index in [4.69, 9.17) is 9.47 Å². The van der Waals surface area contributed by atoms with E-state index in [-0.39, 0.29) is 17.5 Å². The van der Waals surface area contributed by atoms with Gasteiger partial charge in [0, 0.05) is 18.7 Å². The highest BCUT2D eigenvalue weighted by molar-refractivity contribution is 6.01. The smallest absolute Gasteiger partial charge is 0.461 e. The standard InChI is InChI=1S/C22H20F3N3O4/c1-2-30-21(29)19-20(32-22(23,24)25)18-15(27-28-19)9-8-14(13-6-4-3-5-7-13)17(18)16-12-26-10-11-31-16/h3-9,16,26H,2,10-12H2,1H3. The lowest BCUT2D eigenvalue weighted by Gasteiger charge is -2.28. The largest absolute Gasteiger partial charge is 0.573 e. The second-order valence-corrected chi connectivity index (χ2v) is 7.00. The van der Waals surface area contributed by atoms with E-state index in [0.29, 0.717) is 30.8 Å². The van der Waals surface area contributed by atoms with Gasteiger partial charge in [0.05, 0.1) is 30.2 Å². The predicted molar refractivity (Wildman–Crippen MR) is 109 cm³/mol. The van der Waals surface area contributed by atoms with E-state index in [2.05, 4.69) is 20.3 Å². The minimum atomic E-state index is -5.07. The zero-order chi connectivity index (χ0) is 22.7. The van der Waals surface area contributed by atoms with Gasteiger partial charge in [-0.2, -0.15) is 0 Å². The highest BCUT2D eigenvalue weighted by Crippen LogP contribution is 2.42. The molecule has 0 aliphatic carbocycles. The topological polar surface area (TPSA) is 82.6 Å². The normalized spacial score (nSPS) is 16.7. The number of alkyl halides is 3. The lowest BCUT2D eigenvalue weighted by atomic mass is 9.91. The van der Waals surface area contributed by atoms with E-state index in [1.54, 1.807) is 12.1 Å². The van der Waals surface area contributed by atoms with Crippen LogP contribution in [-0.4, -0.2) is 48.8 Å². The zero-order valence-corrected chi connectivity index (χ0v) is 17.1. The number of rotatable bonds is 5. The predicted octanol–water partition coefficient (Wildman–Crippen LogP) is 4.03. The highest BCUT2D eigenvalue weighted by atomic mass is 19.4. The summed E-state index contributed by atoms with van der Waals surface area (Å²) in [7, 11) is 0. The summed E-state index contributed by atoms with van der Waals surface area (Å²) in [6, 6.07) is 12.5. The summed E-state index contributed by atoms with van der Waals surface area (Å²) in [4.78, 5) is 12.4. The number of ether oxygens (including phenoxy) is 3. The Hall–Kier alpha value is -3.24. The number of esters is 1. The van der Waals surface area contributed by atoms with E-state index in [9.17, 15) is 18.0 Å². The second kappa shape index (κ2) is 9.09. The molecule has 4 rings (SSSR count). The van der Waals surface area contributed by atoms with Crippen LogP contribution in [0, 0.1) is 0 Å². The first-order valence-corrected chi connectivity index (χ1v) is 10.0. The summed E-state index contributed by atoms with van der Waals surface area (Å²) in [6.07, 6.45) is -5.67. The number of morpholine rings is 1. The second-order valence-electron chi connectivity index (χ2n) is 7.00. The van der Waals surface area contributed by atoms with Gasteiger partial charge in [-0.25, -0.2) is 4.79 Å². The number of carbonyl (C=O) groups is 1. The van der Waals surface area contributed by atoms with Crippen LogP contribution in [0.5, 0.6) is 5.75 Å². The monoisotopic (exact) mass is 447 g/mol. The van der Waals surface area contributed by atoms with Crippen molar-refractivity contribution >= 4 is 16.9 Å². The van der Waals surface area contributed by atoms with Gasteiger partial charge in [0.1, 0.15) is 0 Å². The molecule has 0 amide bonds. The van der Waals surface area contributed by atoms with Gasteiger partial charge in [0.25, 0.3) is 0 Å². The molecule has 168 valence electrons. The molecule has 1 fully saturated rings. The zero-order valence-electron chi connectivity index (χ0n) is 17.1. The van der Waals surface area contributed by atoms with Crippen LogP contribution < -0.4 is 10.1 Å². The van der Waals surface area contributed by atoms with Gasteiger partial charge in [-0.1, -0.05) is 36.4 Å². The number of benzene rings is 2. The number of aromatic nitrogens is 2. The summed E-state index contributed by atoms with van der Waals surface area (Å²) in [5, 5.41) is 10.9. The molecule has 3 aromatic rings. The number of carbonyl (C=O) groups excluding carboxylic acids is 1. The third-order valence-corrected chi connectivity index (χ3v) is 4.94. The maximum absolute atomic E-state index is 13.4. The van der Waals surface area contributed by atoms with Gasteiger partial charge in [0.2, 0.25) is 5.69 Å². The Morgan fingerprint density at radius 2 is 1.97 bits per heavy atom. The number of halogens is 3. The van der Waals surface area contributed by atoms with Crippen LogP contribution in [0.1, 0.15) is 29.1 Å². The van der Waals surface area contributed by atoms with Crippen LogP contribution in [0.25, 0.3) is 22.0 Å². The number of nitrogens with zero attached hydrogens (tertiary/aromatic N) is 2. The fraction of sp³-hybridized carbons (Fsp3) is 0.318. The SMILES string of the molecule is CCOC(=O)c1nnc2ccc(-c3ccccc3)c(C3CNCCO3)c2c1OC(F)(F)F. The Labute approximate surface area is 181 Å². The average Bonchev–Trinajstić information content (AvgIpc) is 2.79. The van der Waals surface area contributed by atoms with Crippen molar-refractivity contribution in [1.82, 2.24) is 15.5 Å². The van der Waals surface area contributed by atoms with E-state index < -0.39 is 29.9 Å². The number of hydrogen-bond acceptors (Lipinski definition) is 7. The van der Waals surface area contributed by atoms with Crippen molar-refractivity contribution in [3.05, 3.63) is 53.7 Å². The summed E-state index contributed by atoms with van der Waals surface area (Å²) in [5.41, 5.74) is 1.33. The van der Waals surface area contributed by atoms with E-state index >= 15 is 0 Å². The van der Waals surface area contributed by atoms with E-state index in [1.165, 1.54) is 6.92 Å². The molecule has 0 spiro atoms. The molecular weight excluding hydrogens is 427 g/mol. The lowest BCUT2D eigenvalue weighted by molar-refractivity contribution is -0.274. The Balaban J connectivity index is 2.06. The molecule has 1 aromatic heterocycles. The van der Waals surface area contributed by atoms with Crippen LogP contribution >= 0.6 is 0 Å². The highest BCUT2D eigenvalue weighted by Gasteiger charge is 2.37. The van der Waals surface area contributed by atoms with Gasteiger partial charge >= 0.3 is 12.3 Å². The summed E-state index contributed by atoms with van der Waals surface area (Å²) >= 11 is 0. The van der Waals surface area contributed by atoms with Crippen LogP contribution in [0.3, 0.4) is 0 Å². The quantitative estimate of drug-likeness (QED) is 0.592. The summed E-state index contributed by atoms with van der Waals surface area (Å²) < 4.78 is 55.4. The third kappa shape index (κ3) is 4.51. The van der Waals surface area contributed by atoms with Crippen molar-refractivity contribution in [3.8, 4) is 16.9 Å². The summed E-state index contributed by atoms with van der Waals surface area (Å²) in [6.45, 7) is 2.84. The van der Waals surface area contributed by atoms with Gasteiger partial charge < -0.3 is 19.5 Å². The Morgan fingerprint density at radius 3 is 2.62 bits per heavy atom. The summed E-state index contributed by atoms with van der Waals surface area (Å²) in [5.74, 6) is -1.80. The maximum Gasteiger partial charge on any atom is 0.573 e. The first-order chi connectivity index (χ1) is 15.4. The third-order valence-electron chi connectivity index (χ3n) is 4.94. The molecule has 32 heavy (non-hydrogen) atoms. The molecule has 1 aliphatic heterocycles. The van der Waals surface area contributed by atoms with Crippen LogP contribution in [0.2, 0.25) is 0 Å². The number of hydrogen-bond donors (Lipinski definition) is 1.